The molecule has 0 amide bonds. The van der Waals surface area contributed by atoms with Crippen LogP contribution in [-0.4, -0.2) is 24.0 Å². The van der Waals surface area contributed by atoms with Crippen LogP contribution in [0.25, 0.3) is 0 Å². The molecule has 2 aliphatic carbocycles. The van der Waals surface area contributed by atoms with Crippen LogP contribution in [0.4, 0.5) is 0 Å². The Bertz CT molecular complexity index is 604. The first-order valence-electron chi connectivity index (χ1n) is 10.3. The summed E-state index contributed by atoms with van der Waals surface area (Å²) in [5.41, 5.74) is 2.40. The minimum absolute atomic E-state index is 0. The highest BCUT2D eigenvalue weighted by Crippen LogP contribution is 2.36. The Morgan fingerprint density at radius 3 is 2.27 bits per heavy atom. The summed E-state index contributed by atoms with van der Waals surface area (Å²) in [4.78, 5) is 2.55. The first-order valence-corrected chi connectivity index (χ1v) is 10.7. The van der Waals surface area contributed by atoms with Gasteiger partial charge in [-0.05, 0) is 55.8 Å². The average Bonchev–Trinajstić information content (AvgIpc) is 2.67. The third-order valence-electron chi connectivity index (χ3n) is 6.06. The maximum Gasteiger partial charge on any atom is 0.0607 e. The molecule has 0 spiro atoms. The molecule has 1 nitrogen and oxygen atoms in total. The van der Waals surface area contributed by atoms with Crippen LogP contribution in [0.2, 0.25) is 5.02 Å². The third kappa shape index (κ3) is 5.91. The van der Waals surface area contributed by atoms with E-state index in [-0.39, 0.29) is 12.4 Å². The van der Waals surface area contributed by atoms with Gasteiger partial charge in [0.15, 0.2) is 0 Å². The molecule has 0 radical (unpaired) electrons. The van der Waals surface area contributed by atoms with Crippen molar-refractivity contribution in [3.8, 4) is 11.8 Å². The van der Waals surface area contributed by atoms with Crippen molar-refractivity contribution < 1.29 is 0 Å². The molecule has 2 aliphatic rings. The minimum Gasteiger partial charge on any atom is -0.290 e. The minimum atomic E-state index is 0. The van der Waals surface area contributed by atoms with Crippen molar-refractivity contribution >= 4 is 24.0 Å². The van der Waals surface area contributed by atoms with Gasteiger partial charge >= 0.3 is 0 Å². The lowest BCUT2D eigenvalue weighted by atomic mass is 9.84. The molecule has 1 aromatic carbocycles. The summed E-state index contributed by atoms with van der Waals surface area (Å²) in [5, 5.41) is 0.915. The van der Waals surface area contributed by atoms with Gasteiger partial charge in [0.2, 0.25) is 0 Å². The molecule has 144 valence electrons. The fourth-order valence-corrected chi connectivity index (χ4v) is 4.87. The zero-order valence-electron chi connectivity index (χ0n) is 16.1. The predicted octanol–water partition coefficient (Wildman–Crippen LogP) is 6.82. The normalized spacial score (nSPS) is 18.9. The Morgan fingerprint density at radius 1 is 1.00 bits per heavy atom. The van der Waals surface area contributed by atoms with E-state index < -0.39 is 0 Å². The molecule has 1 aromatic rings. The average molecular weight is 394 g/mol. The molecular weight excluding hydrogens is 361 g/mol. The highest BCUT2D eigenvalue weighted by Gasteiger charge is 2.19. The first kappa shape index (κ1) is 21.6. The number of halogens is 2. The Labute approximate surface area is 171 Å². The fourth-order valence-electron chi connectivity index (χ4n) is 4.54. The zero-order valence-corrected chi connectivity index (χ0v) is 17.7. The van der Waals surface area contributed by atoms with Crippen molar-refractivity contribution in [2.45, 2.75) is 83.1 Å². The number of nitrogens with zero attached hydrogens (tertiary/aromatic N) is 1. The second-order valence-electron chi connectivity index (χ2n) is 7.73. The summed E-state index contributed by atoms with van der Waals surface area (Å²) in [6.07, 6.45) is 13.5. The maximum atomic E-state index is 6.58. The van der Waals surface area contributed by atoms with Crippen LogP contribution in [0, 0.1) is 11.8 Å². The second kappa shape index (κ2) is 11.2. The van der Waals surface area contributed by atoms with Crippen LogP contribution in [0.15, 0.2) is 18.2 Å². The number of benzene rings is 1. The van der Waals surface area contributed by atoms with Gasteiger partial charge in [0.25, 0.3) is 0 Å². The number of rotatable bonds is 4. The van der Waals surface area contributed by atoms with E-state index in [4.69, 9.17) is 11.6 Å². The van der Waals surface area contributed by atoms with Gasteiger partial charge in [-0.3, -0.25) is 4.90 Å². The molecule has 0 aliphatic heterocycles. The first-order chi connectivity index (χ1) is 12.3. The van der Waals surface area contributed by atoms with Gasteiger partial charge in [-0.15, -0.1) is 12.4 Å². The van der Waals surface area contributed by atoms with Gasteiger partial charge in [-0.1, -0.05) is 75.0 Å². The Balaban J connectivity index is 0.00000243. The van der Waals surface area contributed by atoms with Crippen LogP contribution < -0.4 is 0 Å². The second-order valence-corrected chi connectivity index (χ2v) is 8.14. The van der Waals surface area contributed by atoms with Gasteiger partial charge in [-0.25, -0.2) is 0 Å². The van der Waals surface area contributed by atoms with E-state index >= 15 is 0 Å². The lowest BCUT2D eigenvalue weighted by molar-refractivity contribution is 0.183. The van der Waals surface area contributed by atoms with Crippen LogP contribution >= 0.6 is 24.0 Å². The molecule has 26 heavy (non-hydrogen) atoms. The Morgan fingerprint density at radius 2 is 1.65 bits per heavy atom. The molecule has 0 bridgehead atoms. The molecule has 0 aromatic heterocycles. The monoisotopic (exact) mass is 393 g/mol. The molecule has 0 atom stereocenters. The quantitative estimate of drug-likeness (QED) is 0.507. The van der Waals surface area contributed by atoms with Gasteiger partial charge in [0.1, 0.15) is 0 Å². The third-order valence-corrected chi connectivity index (χ3v) is 6.38. The molecular formula is C23H33Cl2N. The van der Waals surface area contributed by atoms with E-state index in [1.165, 1.54) is 69.8 Å². The molecule has 0 saturated heterocycles. The number of hydrogen-bond donors (Lipinski definition) is 0. The molecule has 0 unspecified atom stereocenters. The number of hydrogen-bond acceptors (Lipinski definition) is 1. The summed E-state index contributed by atoms with van der Waals surface area (Å²) < 4.78 is 0. The van der Waals surface area contributed by atoms with Crippen molar-refractivity contribution in [2.24, 2.45) is 0 Å². The summed E-state index contributed by atoms with van der Waals surface area (Å²) in [7, 11) is 0. The van der Waals surface area contributed by atoms with E-state index in [2.05, 4.69) is 41.9 Å². The highest BCUT2D eigenvalue weighted by atomic mass is 35.5. The van der Waals surface area contributed by atoms with E-state index in [0.717, 1.165) is 29.7 Å². The van der Waals surface area contributed by atoms with Crippen molar-refractivity contribution in [1.29, 1.82) is 0 Å². The van der Waals surface area contributed by atoms with Crippen molar-refractivity contribution in [3.05, 3.63) is 34.3 Å². The summed E-state index contributed by atoms with van der Waals surface area (Å²) >= 11 is 6.58. The topological polar surface area (TPSA) is 3.24 Å². The fraction of sp³-hybridized carbons (Fsp3) is 0.652. The molecule has 0 N–H and O–H groups in total. The molecule has 3 rings (SSSR count). The van der Waals surface area contributed by atoms with E-state index in [9.17, 15) is 0 Å². The van der Waals surface area contributed by atoms with E-state index in [0.29, 0.717) is 5.92 Å². The summed E-state index contributed by atoms with van der Waals surface area (Å²) in [6.45, 7) is 4.23. The standard InChI is InChI=1S/C23H32ClN.ClH/c1-2-25(21-13-7-4-8-14-21)17-9-10-19-15-16-22(23(24)18-19)20-11-5-3-6-12-20;/h15-16,18,20-21H,2-8,11-14,17H2,1H3;1H. The van der Waals surface area contributed by atoms with Gasteiger partial charge in [0, 0.05) is 16.6 Å². The lowest BCUT2D eigenvalue weighted by Crippen LogP contribution is -2.36. The van der Waals surface area contributed by atoms with Crippen LogP contribution in [0.3, 0.4) is 0 Å². The SMILES string of the molecule is CCN(CC#Cc1ccc(C2CCCCC2)c(Cl)c1)C1CCCCC1.Cl. The van der Waals surface area contributed by atoms with Crippen LogP contribution in [0.5, 0.6) is 0 Å². The Kier molecular flexibility index (Phi) is 9.34. The molecule has 3 heteroatoms. The highest BCUT2D eigenvalue weighted by molar-refractivity contribution is 6.31. The lowest BCUT2D eigenvalue weighted by Gasteiger charge is -2.32. The van der Waals surface area contributed by atoms with Gasteiger partial charge < -0.3 is 0 Å². The zero-order chi connectivity index (χ0) is 17.5. The summed E-state index contributed by atoms with van der Waals surface area (Å²) in [5.74, 6) is 7.39. The largest absolute Gasteiger partial charge is 0.290 e. The van der Waals surface area contributed by atoms with Crippen molar-refractivity contribution in [2.75, 3.05) is 13.1 Å². The predicted molar refractivity (Wildman–Crippen MR) is 116 cm³/mol. The Hall–Kier alpha value is -0.680. The van der Waals surface area contributed by atoms with Crippen molar-refractivity contribution in [1.82, 2.24) is 4.90 Å². The van der Waals surface area contributed by atoms with E-state index in [1.54, 1.807) is 0 Å². The summed E-state index contributed by atoms with van der Waals surface area (Å²) in [6, 6.07) is 7.21. The van der Waals surface area contributed by atoms with Crippen LogP contribution in [0.1, 0.15) is 88.2 Å². The van der Waals surface area contributed by atoms with Gasteiger partial charge in [-0.2, -0.15) is 0 Å². The molecule has 2 saturated carbocycles. The molecule has 0 heterocycles. The molecule has 2 fully saturated rings. The smallest absolute Gasteiger partial charge is 0.0607 e. The maximum absolute atomic E-state index is 6.58. The van der Waals surface area contributed by atoms with Crippen LogP contribution in [-0.2, 0) is 0 Å². The van der Waals surface area contributed by atoms with Gasteiger partial charge in [0.05, 0.1) is 6.54 Å². The van der Waals surface area contributed by atoms with Crippen molar-refractivity contribution in [3.63, 3.8) is 0 Å². The van der Waals surface area contributed by atoms with E-state index in [1.807, 2.05) is 0 Å².